The molecular weight excluding hydrogens is 258 g/mol. The molecule has 0 bridgehead atoms. The molecule has 0 aromatic rings. The summed E-state index contributed by atoms with van der Waals surface area (Å²) >= 11 is 0. The number of carbonyl (C=O) groups is 1. The van der Waals surface area contributed by atoms with Crippen LogP contribution in [-0.4, -0.2) is 45.9 Å². The van der Waals surface area contributed by atoms with Crippen LogP contribution in [0.2, 0.25) is 0 Å². The van der Waals surface area contributed by atoms with Crippen LogP contribution in [0.5, 0.6) is 0 Å². The molecule has 0 spiro atoms. The van der Waals surface area contributed by atoms with Crippen LogP contribution in [0.25, 0.3) is 0 Å². The Kier molecular flexibility index (Phi) is 12.7. The van der Waals surface area contributed by atoms with Gasteiger partial charge in [-0.05, 0) is 12.8 Å². The molecular formula is C14H25N3O3. The molecule has 0 heterocycles. The fraction of sp³-hybridized carbons (Fsp3) is 0.714. The average Bonchev–Trinajstić information content (AvgIpc) is 2.46. The van der Waals surface area contributed by atoms with Crippen LogP contribution in [0, 0.1) is 11.3 Å². The van der Waals surface area contributed by atoms with Crippen molar-refractivity contribution in [1.29, 1.82) is 5.26 Å². The summed E-state index contributed by atoms with van der Waals surface area (Å²) in [5.74, 6) is -0.369. The summed E-state index contributed by atoms with van der Waals surface area (Å²) in [6.45, 7) is 5.07. The van der Waals surface area contributed by atoms with E-state index in [2.05, 4.69) is 17.6 Å². The summed E-state index contributed by atoms with van der Waals surface area (Å²) in [5, 5.41) is 14.4. The third kappa shape index (κ3) is 10.4. The normalized spacial score (nSPS) is 10.9. The largest absolute Gasteiger partial charge is 0.387 e. The average molecular weight is 283 g/mol. The number of hydrogen-bond acceptors (Lipinski definition) is 5. The maximum Gasteiger partial charge on any atom is 0.263 e. The number of amides is 1. The molecule has 0 aliphatic carbocycles. The Morgan fingerprint density at radius 2 is 2.00 bits per heavy atom. The molecule has 0 atom stereocenters. The summed E-state index contributed by atoms with van der Waals surface area (Å²) in [4.78, 5) is 11.7. The molecule has 0 unspecified atom stereocenters. The molecule has 6 nitrogen and oxygen atoms in total. The van der Waals surface area contributed by atoms with Gasteiger partial charge in [0.2, 0.25) is 0 Å². The van der Waals surface area contributed by atoms with Crippen LogP contribution < -0.4 is 10.6 Å². The molecule has 2 N–H and O–H groups in total. The van der Waals surface area contributed by atoms with E-state index in [1.54, 1.807) is 7.11 Å². The van der Waals surface area contributed by atoms with Crippen molar-refractivity contribution in [2.75, 3.05) is 40.0 Å². The predicted octanol–water partition coefficient (Wildman–Crippen LogP) is 0.953. The standard InChI is InChI=1S/C14H25N3O3/c1-3-4-8-20-9-5-6-17-14(18)13(11-15)12-16-7-10-19-2/h12,16H,3-10H2,1-2H3,(H,17,18)/b13-12-. The monoisotopic (exact) mass is 283 g/mol. The molecule has 20 heavy (non-hydrogen) atoms. The molecule has 0 aliphatic rings. The summed E-state index contributed by atoms with van der Waals surface area (Å²) in [6.07, 6.45) is 4.32. The van der Waals surface area contributed by atoms with E-state index in [4.69, 9.17) is 14.7 Å². The fourth-order valence-electron chi connectivity index (χ4n) is 1.30. The highest BCUT2D eigenvalue weighted by Crippen LogP contribution is 1.92. The molecule has 0 aromatic heterocycles. The molecule has 0 fully saturated rings. The van der Waals surface area contributed by atoms with E-state index in [1.807, 2.05) is 6.07 Å². The zero-order valence-electron chi connectivity index (χ0n) is 12.4. The fourth-order valence-corrected chi connectivity index (χ4v) is 1.30. The Labute approximate surface area is 121 Å². The highest BCUT2D eigenvalue weighted by atomic mass is 16.5. The van der Waals surface area contributed by atoms with E-state index in [-0.39, 0.29) is 11.5 Å². The topological polar surface area (TPSA) is 83.4 Å². The zero-order chi connectivity index (χ0) is 15.1. The highest BCUT2D eigenvalue weighted by molar-refractivity contribution is 5.97. The van der Waals surface area contributed by atoms with E-state index in [1.165, 1.54) is 6.20 Å². The van der Waals surface area contributed by atoms with Gasteiger partial charge in [-0.3, -0.25) is 4.79 Å². The van der Waals surface area contributed by atoms with E-state index in [0.29, 0.717) is 26.3 Å². The van der Waals surface area contributed by atoms with Crippen molar-refractivity contribution in [3.8, 4) is 6.07 Å². The lowest BCUT2D eigenvalue weighted by Crippen LogP contribution is -2.27. The SMILES string of the molecule is CCCCOCCCNC(=O)/C(C#N)=C\NCCOC. The Bertz CT molecular complexity index is 324. The van der Waals surface area contributed by atoms with Gasteiger partial charge in [0.15, 0.2) is 0 Å². The second-order valence-electron chi connectivity index (χ2n) is 4.19. The molecule has 6 heteroatoms. The van der Waals surface area contributed by atoms with Gasteiger partial charge in [-0.1, -0.05) is 13.3 Å². The summed E-state index contributed by atoms with van der Waals surface area (Å²) in [6, 6.07) is 1.86. The maximum atomic E-state index is 11.7. The Hall–Kier alpha value is -1.58. The molecule has 0 rings (SSSR count). The summed E-state index contributed by atoms with van der Waals surface area (Å²) < 4.78 is 10.2. The summed E-state index contributed by atoms with van der Waals surface area (Å²) in [7, 11) is 1.59. The first-order valence-electron chi connectivity index (χ1n) is 6.94. The Morgan fingerprint density at radius 3 is 2.65 bits per heavy atom. The van der Waals surface area contributed by atoms with Gasteiger partial charge >= 0.3 is 0 Å². The predicted molar refractivity (Wildman–Crippen MR) is 76.9 cm³/mol. The quantitative estimate of drug-likeness (QED) is 0.316. The molecule has 114 valence electrons. The lowest BCUT2D eigenvalue weighted by Gasteiger charge is -2.06. The number of nitriles is 1. The zero-order valence-corrected chi connectivity index (χ0v) is 12.4. The van der Waals surface area contributed by atoms with Gasteiger partial charge in [-0.2, -0.15) is 5.26 Å². The minimum Gasteiger partial charge on any atom is -0.387 e. The summed E-state index contributed by atoms with van der Waals surface area (Å²) in [5.41, 5.74) is 0.0630. The number of carbonyl (C=O) groups excluding carboxylic acids is 1. The second kappa shape index (κ2) is 13.8. The minimum atomic E-state index is -0.369. The Morgan fingerprint density at radius 1 is 1.25 bits per heavy atom. The van der Waals surface area contributed by atoms with Gasteiger partial charge in [-0.25, -0.2) is 0 Å². The molecule has 0 aliphatic heterocycles. The van der Waals surface area contributed by atoms with Gasteiger partial charge in [0.05, 0.1) is 6.61 Å². The van der Waals surface area contributed by atoms with Crippen molar-refractivity contribution in [2.45, 2.75) is 26.2 Å². The molecule has 1 amide bonds. The lowest BCUT2D eigenvalue weighted by molar-refractivity contribution is -0.117. The van der Waals surface area contributed by atoms with Crippen LogP contribution in [0.3, 0.4) is 0 Å². The van der Waals surface area contributed by atoms with Crippen LogP contribution in [0.15, 0.2) is 11.8 Å². The van der Waals surface area contributed by atoms with Crippen molar-refractivity contribution in [3.05, 3.63) is 11.8 Å². The number of methoxy groups -OCH3 is 1. The van der Waals surface area contributed by atoms with Gasteiger partial charge in [0.1, 0.15) is 11.6 Å². The second-order valence-corrected chi connectivity index (χ2v) is 4.19. The first-order chi connectivity index (χ1) is 9.76. The van der Waals surface area contributed by atoms with Crippen molar-refractivity contribution in [2.24, 2.45) is 0 Å². The van der Waals surface area contributed by atoms with Crippen LogP contribution in [0.4, 0.5) is 0 Å². The molecule has 0 aromatic carbocycles. The van der Waals surface area contributed by atoms with Gasteiger partial charge in [0, 0.05) is 39.6 Å². The minimum absolute atomic E-state index is 0.0630. The van der Waals surface area contributed by atoms with Crippen LogP contribution >= 0.6 is 0 Å². The number of hydrogen-bond donors (Lipinski definition) is 2. The smallest absolute Gasteiger partial charge is 0.263 e. The number of rotatable bonds is 12. The van der Waals surface area contributed by atoms with Crippen molar-refractivity contribution >= 4 is 5.91 Å². The molecule has 0 saturated heterocycles. The lowest BCUT2D eigenvalue weighted by atomic mass is 10.3. The van der Waals surface area contributed by atoms with Gasteiger partial charge < -0.3 is 20.1 Å². The third-order valence-electron chi connectivity index (χ3n) is 2.46. The van der Waals surface area contributed by atoms with Gasteiger partial charge in [-0.15, -0.1) is 0 Å². The maximum absolute atomic E-state index is 11.7. The Balaban J connectivity index is 3.74. The van der Waals surface area contributed by atoms with E-state index >= 15 is 0 Å². The van der Waals surface area contributed by atoms with E-state index < -0.39 is 0 Å². The molecule has 0 radical (unpaired) electrons. The number of ether oxygens (including phenoxy) is 2. The van der Waals surface area contributed by atoms with Crippen molar-refractivity contribution in [3.63, 3.8) is 0 Å². The van der Waals surface area contributed by atoms with Crippen LogP contribution in [-0.2, 0) is 14.3 Å². The number of unbranched alkanes of at least 4 members (excludes halogenated alkanes) is 1. The first-order valence-corrected chi connectivity index (χ1v) is 6.94. The number of nitrogens with zero attached hydrogens (tertiary/aromatic N) is 1. The van der Waals surface area contributed by atoms with E-state index in [9.17, 15) is 4.79 Å². The first kappa shape index (κ1) is 18.4. The van der Waals surface area contributed by atoms with Crippen molar-refractivity contribution < 1.29 is 14.3 Å². The number of nitrogens with one attached hydrogen (secondary N) is 2. The third-order valence-corrected chi connectivity index (χ3v) is 2.46. The van der Waals surface area contributed by atoms with Gasteiger partial charge in [0.25, 0.3) is 5.91 Å². The van der Waals surface area contributed by atoms with Crippen molar-refractivity contribution in [1.82, 2.24) is 10.6 Å². The highest BCUT2D eigenvalue weighted by Gasteiger charge is 2.07. The van der Waals surface area contributed by atoms with Crippen LogP contribution in [0.1, 0.15) is 26.2 Å². The molecule has 0 saturated carbocycles. The van der Waals surface area contributed by atoms with E-state index in [0.717, 1.165) is 25.9 Å².